The molecule has 0 radical (unpaired) electrons. The summed E-state index contributed by atoms with van der Waals surface area (Å²) in [6, 6.07) is 4.01. The molecule has 1 aromatic carbocycles. The minimum absolute atomic E-state index is 0.0119. The van der Waals surface area contributed by atoms with Gasteiger partial charge in [-0.05, 0) is 26.0 Å². The fourth-order valence-electron chi connectivity index (χ4n) is 1.58. The molecular weight excluding hydrogens is 275 g/mol. The number of rotatable bonds is 5. The molecule has 1 unspecified atom stereocenters. The Labute approximate surface area is 115 Å². The van der Waals surface area contributed by atoms with Gasteiger partial charge >= 0.3 is 11.9 Å². The molecule has 104 valence electrons. The molecule has 19 heavy (non-hydrogen) atoms. The number of halogens is 2. The second-order valence-corrected chi connectivity index (χ2v) is 4.64. The van der Waals surface area contributed by atoms with Crippen LogP contribution >= 0.6 is 11.6 Å². The molecule has 0 heterocycles. The van der Waals surface area contributed by atoms with Crippen molar-refractivity contribution in [3.05, 3.63) is 34.6 Å². The van der Waals surface area contributed by atoms with Gasteiger partial charge < -0.3 is 9.84 Å². The number of benzene rings is 1. The van der Waals surface area contributed by atoms with E-state index in [1.165, 1.54) is 19.1 Å². The highest BCUT2D eigenvalue weighted by atomic mass is 35.5. The number of hydrogen-bond acceptors (Lipinski definition) is 3. The van der Waals surface area contributed by atoms with Crippen molar-refractivity contribution >= 4 is 23.5 Å². The van der Waals surface area contributed by atoms with Crippen LogP contribution in [0.3, 0.4) is 0 Å². The molecule has 0 amide bonds. The molecule has 6 heteroatoms. The fourth-order valence-corrected chi connectivity index (χ4v) is 1.81. The molecular formula is C13H14ClFO4. The number of esters is 1. The van der Waals surface area contributed by atoms with E-state index in [-0.39, 0.29) is 23.6 Å². The van der Waals surface area contributed by atoms with Crippen LogP contribution in [0.5, 0.6) is 0 Å². The van der Waals surface area contributed by atoms with Crippen molar-refractivity contribution < 1.29 is 23.8 Å². The molecule has 0 aliphatic carbocycles. The lowest BCUT2D eigenvalue weighted by molar-refractivity contribution is -0.167. The maximum atomic E-state index is 13.7. The topological polar surface area (TPSA) is 63.6 Å². The summed E-state index contributed by atoms with van der Waals surface area (Å²) < 4.78 is 18.4. The smallest absolute Gasteiger partial charge is 0.323 e. The predicted molar refractivity (Wildman–Crippen MR) is 67.5 cm³/mol. The van der Waals surface area contributed by atoms with Gasteiger partial charge in [-0.2, -0.15) is 0 Å². The molecule has 0 saturated heterocycles. The van der Waals surface area contributed by atoms with Crippen molar-refractivity contribution in [3.8, 4) is 0 Å². The van der Waals surface area contributed by atoms with E-state index in [9.17, 15) is 19.1 Å². The quantitative estimate of drug-likeness (QED) is 0.668. The zero-order chi connectivity index (χ0) is 14.6. The van der Waals surface area contributed by atoms with Gasteiger partial charge in [0.1, 0.15) is 5.82 Å². The van der Waals surface area contributed by atoms with Crippen LogP contribution in [0.15, 0.2) is 18.2 Å². The summed E-state index contributed by atoms with van der Waals surface area (Å²) in [5.41, 5.74) is -1.89. The van der Waals surface area contributed by atoms with E-state index in [0.717, 1.165) is 6.07 Å². The van der Waals surface area contributed by atoms with Crippen molar-refractivity contribution in [2.24, 2.45) is 5.41 Å². The maximum Gasteiger partial charge on any atom is 0.323 e. The van der Waals surface area contributed by atoms with Crippen LogP contribution in [-0.4, -0.2) is 23.7 Å². The third kappa shape index (κ3) is 3.23. The summed E-state index contributed by atoms with van der Waals surface area (Å²) in [5, 5.41) is 9.29. The normalized spacial score (nSPS) is 13.7. The third-order valence-electron chi connectivity index (χ3n) is 2.79. The summed E-state index contributed by atoms with van der Waals surface area (Å²) in [6.07, 6.45) is -0.368. The minimum atomic E-state index is -1.87. The van der Waals surface area contributed by atoms with Crippen molar-refractivity contribution in [2.45, 2.75) is 20.3 Å². The lowest BCUT2D eigenvalue weighted by Gasteiger charge is -2.23. The lowest BCUT2D eigenvalue weighted by atomic mass is 9.83. The van der Waals surface area contributed by atoms with E-state index in [4.69, 9.17) is 16.3 Å². The SMILES string of the molecule is CCOC(=O)C(C)(Cc1c(F)cccc1Cl)C(=O)O. The van der Waals surface area contributed by atoms with Gasteiger partial charge in [-0.15, -0.1) is 0 Å². The highest BCUT2D eigenvalue weighted by Gasteiger charge is 2.44. The van der Waals surface area contributed by atoms with Crippen LogP contribution in [0.25, 0.3) is 0 Å². The predicted octanol–water partition coefficient (Wildman–Crippen LogP) is 2.68. The van der Waals surface area contributed by atoms with Gasteiger partial charge in [-0.1, -0.05) is 17.7 Å². The molecule has 0 bridgehead atoms. The highest BCUT2D eigenvalue weighted by Crippen LogP contribution is 2.30. The molecule has 0 aliphatic heterocycles. The summed E-state index contributed by atoms with van der Waals surface area (Å²) in [7, 11) is 0. The van der Waals surface area contributed by atoms with Crippen LogP contribution in [0.1, 0.15) is 19.4 Å². The highest BCUT2D eigenvalue weighted by molar-refractivity contribution is 6.31. The summed E-state index contributed by atoms with van der Waals surface area (Å²) in [6.45, 7) is 2.80. The van der Waals surface area contributed by atoms with Crippen LogP contribution in [0, 0.1) is 11.2 Å². The number of aliphatic carboxylic acids is 1. The molecule has 1 aromatic rings. The van der Waals surface area contributed by atoms with E-state index in [1.807, 2.05) is 0 Å². The fraction of sp³-hybridized carbons (Fsp3) is 0.385. The van der Waals surface area contributed by atoms with Gasteiger partial charge in [0, 0.05) is 17.0 Å². The van der Waals surface area contributed by atoms with E-state index in [0.29, 0.717) is 0 Å². The van der Waals surface area contributed by atoms with Crippen molar-refractivity contribution in [1.82, 2.24) is 0 Å². The van der Waals surface area contributed by atoms with Gasteiger partial charge in [-0.3, -0.25) is 9.59 Å². The van der Waals surface area contributed by atoms with Gasteiger partial charge in [-0.25, -0.2) is 4.39 Å². The van der Waals surface area contributed by atoms with E-state index >= 15 is 0 Å². The summed E-state index contributed by atoms with van der Waals surface area (Å²) >= 11 is 5.84. The Balaban J connectivity index is 3.16. The van der Waals surface area contributed by atoms with Crippen LogP contribution in [0.4, 0.5) is 4.39 Å². The maximum absolute atomic E-state index is 13.7. The van der Waals surface area contributed by atoms with E-state index in [1.54, 1.807) is 6.92 Å². The summed E-state index contributed by atoms with van der Waals surface area (Å²) in [5.74, 6) is -2.95. The number of ether oxygens (including phenoxy) is 1. The van der Waals surface area contributed by atoms with Gasteiger partial charge in [0.05, 0.1) is 6.61 Å². The standard InChI is InChI=1S/C13H14ClFO4/c1-3-19-12(18)13(2,11(16)17)7-8-9(14)5-4-6-10(8)15/h4-6H,3,7H2,1-2H3,(H,16,17). The van der Waals surface area contributed by atoms with Gasteiger partial charge in [0.2, 0.25) is 0 Å². The monoisotopic (exact) mass is 288 g/mol. The van der Waals surface area contributed by atoms with Gasteiger partial charge in [0.15, 0.2) is 5.41 Å². The van der Waals surface area contributed by atoms with Crippen LogP contribution in [0.2, 0.25) is 5.02 Å². The molecule has 1 rings (SSSR count). The molecule has 1 atom stereocenters. The average Bonchev–Trinajstić information content (AvgIpc) is 2.33. The number of carbonyl (C=O) groups excluding carboxylic acids is 1. The minimum Gasteiger partial charge on any atom is -0.480 e. The Bertz CT molecular complexity index is 483. The Morgan fingerprint density at radius 3 is 2.58 bits per heavy atom. The molecule has 0 fully saturated rings. The largest absolute Gasteiger partial charge is 0.480 e. The Hall–Kier alpha value is -1.62. The van der Waals surface area contributed by atoms with Gasteiger partial charge in [0.25, 0.3) is 0 Å². The zero-order valence-electron chi connectivity index (χ0n) is 10.6. The van der Waals surface area contributed by atoms with Crippen molar-refractivity contribution in [3.63, 3.8) is 0 Å². The first-order chi connectivity index (χ1) is 8.82. The second-order valence-electron chi connectivity index (χ2n) is 4.23. The Kier molecular flexibility index (Phi) is 4.89. The number of carboxylic acid groups (broad SMARTS) is 1. The molecule has 1 N–H and O–H groups in total. The van der Waals surface area contributed by atoms with Crippen LogP contribution < -0.4 is 0 Å². The number of hydrogen-bond donors (Lipinski definition) is 1. The molecule has 0 spiro atoms. The lowest BCUT2D eigenvalue weighted by Crippen LogP contribution is -2.40. The summed E-state index contributed by atoms with van der Waals surface area (Å²) in [4.78, 5) is 23.1. The van der Waals surface area contributed by atoms with Crippen LogP contribution in [-0.2, 0) is 20.7 Å². The van der Waals surface area contributed by atoms with E-state index < -0.39 is 23.2 Å². The van der Waals surface area contributed by atoms with Crippen molar-refractivity contribution in [1.29, 1.82) is 0 Å². The average molecular weight is 289 g/mol. The van der Waals surface area contributed by atoms with E-state index in [2.05, 4.69) is 0 Å². The van der Waals surface area contributed by atoms with Crippen molar-refractivity contribution in [2.75, 3.05) is 6.61 Å². The second kappa shape index (κ2) is 6.02. The first kappa shape index (κ1) is 15.4. The molecule has 4 nitrogen and oxygen atoms in total. The number of carboxylic acids is 1. The molecule has 0 aromatic heterocycles. The number of carbonyl (C=O) groups is 2. The molecule has 0 saturated carbocycles. The Morgan fingerprint density at radius 1 is 1.47 bits per heavy atom. The Morgan fingerprint density at radius 2 is 2.11 bits per heavy atom. The third-order valence-corrected chi connectivity index (χ3v) is 3.14. The molecule has 0 aliphatic rings. The first-order valence-corrected chi connectivity index (χ1v) is 6.04. The first-order valence-electron chi connectivity index (χ1n) is 5.66. The zero-order valence-corrected chi connectivity index (χ0v) is 11.3.